The van der Waals surface area contributed by atoms with E-state index in [4.69, 9.17) is 4.74 Å². The molecule has 124 valence electrons. The molecule has 6 nitrogen and oxygen atoms in total. The summed E-state index contributed by atoms with van der Waals surface area (Å²) in [5, 5.41) is 0.918. The molecule has 3 rings (SSSR count). The third-order valence-electron chi connectivity index (χ3n) is 3.89. The quantitative estimate of drug-likeness (QED) is 0.870. The van der Waals surface area contributed by atoms with Crippen LogP contribution in [-0.4, -0.2) is 56.9 Å². The SMILES string of the molecule is O=S(=O)(CCCN1CCOCC1)Nc1cccc2cccnc12. The van der Waals surface area contributed by atoms with E-state index in [2.05, 4.69) is 14.6 Å². The zero-order valence-electron chi connectivity index (χ0n) is 12.9. The molecule has 1 saturated heterocycles. The molecule has 2 aromatic rings. The lowest BCUT2D eigenvalue weighted by Gasteiger charge is -2.26. The number of benzene rings is 1. The third-order valence-corrected chi connectivity index (χ3v) is 5.25. The average molecular weight is 335 g/mol. The lowest BCUT2D eigenvalue weighted by atomic mass is 10.2. The molecule has 23 heavy (non-hydrogen) atoms. The van der Waals surface area contributed by atoms with E-state index >= 15 is 0 Å². The van der Waals surface area contributed by atoms with Gasteiger partial charge in [-0.3, -0.25) is 14.6 Å². The summed E-state index contributed by atoms with van der Waals surface area (Å²) in [7, 11) is -3.37. The molecule has 0 atom stereocenters. The van der Waals surface area contributed by atoms with Crippen molar-refractivity contribution in [2.75, 3.05) is 43.3 Å². The number of fused-ring (bicyclic) bond motifs is 1. The van der Waals surface area contributed by atoms with Gasteiger partial charge in [-0.15, -0.1) is 0 Å². The predicted octanol–water partition coefficient (Wildman–Crippen LogP) is 1.70. The van der Waals surface area contributed by atoms with Crippen LogP contribution in [0.5, 0.6) is 0 Å². The lowest BCUT2D eigenvalue weighted by molar-refractivity contribution is 0.0381. The van der Waals surface area contributed by atoms with E-state index in [9.17, 15) is 8.42 Å². The van der Waals surface area contributed by atoms with Gasteiger partial charge in [0.2, 0.25) is 10.0 Å². The molecule has 1 aromatic carbocycles. The van der Waals surface area contributed by atoms with Crippen molar-refractivity contribution in [1.82, 2.24) is 9.88 Å². The maximum absolute atomic E-state index is 12.3. The molecule has 0 radical (unpaired) electrons. The molecule has 1 fully saturated rings. The van der Waals surface area contributed by atoms with Crippen LogP contribution in [0.4, 0.5) is 5.69 Å². The van der Waals surface area contributed by atoms with Crippen molar-refractivity contribution in [2.45, 2.75) is 6.42 Å². The summed E-state index contributed by atoms with van der Waals surface area (Å²) >= 11 is 0. The highest BCUT2D eigenvalue weighted by atomic mass is 32.2. The van der Waals surface area contributed by atoms with Gasteiger partial charge in [0.1, 0.15) is 0 Å². The Morgan fingerprint density at radius 2 is 1.96 bits per heavy atom. The molecule has 1 aliphatic heterocycles. The monoisotopic (exact) mass is 335 g/mol. The van der Waals surface area contributed by atoms with Crippen LogP contribution in [0.15, 0.2) is 36.5 Å². The van der Waals surface area contributed by atoms with Crippen LogP contribution in [0.2, 0.25) is 0 Å². The molecule has 0 bridgehead atoms. The second-order valence-corrected chi connectivity index (χ2v) is 7.45. The maximum Gasteiger partial charge on any atom is 0.232 e. The first-order chi connectivity index (χ1) is 11.1. The van der Waals surface area contributed by atoms with Crippen molar-refractivity contribution in [3.05, 3.63) is 36.5 Å². The molecule has 1 aliphatic rings. The number of sulfonamides is 1. The van der Waals surface area contributed by atoms with Crippen molar-refractivity contribution in [3.63, 3.8) is 0 Å². The van der Waals surface area contributed by atoms with Gasteiger partial charge in [-0.1, -0.05) is 18.2 Å². The Morgan fingerprint density at radius 1 is 1.17 bits per heavy atom. The van der Waals surface area contributed by atoms with Crippen LogP contribution < -0.4 is 4.72 Å². The number of nitrogens with zero attached hydrogens (tertiary/aromatic N) is 2. The number of aromatic nitrogens is 1. The number of hydrogen-bond donors (Lipinski definition) is 1. The highest BCUT2D eigenvalue weighted by Crippen LogP contribution is 2.21. The Balaban J connectivity index is 1.61. The minimum atomic E-state index is -3.37. The van der Waals surface area contributed by atoms with Crippen LogP contribution in [0.3, 0.4) is 0 Å². The summed E-state index contributed by atoms with van der Waals surface area (Å²) < 4.78 is 32.6. The number of hydrogen-bond acceptors (Lipinski definition) is 5. The van der Waals surface area contributed by atoms with Crippen LogP contribution >= 0.6 is 0 Å². The summed E-state index contributed by atoms with van der Waals surface area (Å²) in [5.74, 6) is 0.105. The van der Waals surface area contributed by atoms with E-state index < -0.39 is 10.0 Å². The van der Waals surface area contributed by atoms with Crippen molar-refractivity contribution >= 4 is 26.6 Å². The number of rotatable bonds is 6. The zero-order valence-corrected chi connectivity index (χ0v) is 13.8. The number of nitrogens with one attached hydrogen (secondary N) is 1. The fourth-order valence-electron chi connectivity index (χ4n) is 2.71. The summed E-state index contributed by atoms with van der Waals surface area (Å²) in [6.07, 6.45) is 2.27. The largest absolute Gasteiger partial charge is 0.379 e. The first-order valence-corrected chi connectivity index (χ1v) is 9.44. The summed E-state index contributed by atoms with van der Waals surface area (Å²) in [6.45, 7) is 3.98. The number of para-hydroxylation sites is 1. The van der Waals surface area contributed by atoms with Crippen molar-refractivity contribution in [1.29, 1.82) is 0 Å². The molecule has 0 spiro atoms. The molecule has 0 aliphatic carbocycles. The maximum atomic E-state index is 12.3. The minimum Gasteiger partial charge on any atom is -0.379 e. The highest BCUT2D eigenvalue weighted by molar-refractivity contribution is 7.92. The van der Waals surface area contributed by atoms with Crippen LogP contribution in [0, 0.1) is 0 Å². The smallest absolute Gasteiger partial charge is 0.232 e. The molecule has 0 unspecified atom stereocenters. The molecule has 0 saturated carbocycles. The Labute approximate surface area is 136 Å². The average Bonchev–Trinajstić information content (AvgIpc) is 2.56. The van der Waals surface area contributed by atoms with Gasteiger partial charge in [0.05, 0.1) is 30.2 Å². The van der Waals surface area contributed by atoms with Crippen LogP contribution in [0.1, 0.15) is 6.42 Å². The first-order valence-electron chi connectivity index (χ1n) is 7.78. The number of morpholine rings is 1. The van der Waals surface area contributed by atoms with Crippen molar-refractivity contribution in [2.24, 2.45) is 0 Å². The molecule has 0 amide bonds. The van der Waals surface area contributed by atoms with Gasteiger partial charge in [0.25, 0.3) is 0 Å². The zero-order chi connectivity index (χ0) is 16.1. The Hall–Kier alpha value is -1.70. The molecule has 2 heterocycles. The Kier molecular flexibility index (Phi) is 5.09. The Morgan fingerprint density at radius 3 is 2.78 bits per heavy atom. The molecule has 7 heteroatoms. The first kappa shape index (κ1) is 16.2. The van der Waals surface area contributed by atoms with E-state index in [0.717, 1.165) is 38.2 Å². The Bertz CT molecular complexity index is 753. The van der Waals surface area contributed by atoms with E-state index in [1.807, 2.05) is 24.3 Å². The van der Waals surface area contributed by atoms with E-state index in [0.29, 0.717) is 17.6 Å². The van der Waals surface area contributed by atoms with Crippen LogP contribution in [-0.2, 0) is 14.8 Å². The summed E-state index contributed by atoms with van der Waals surface area (Å²) in [4.78, 5) is 6.50. The summed E-state index contributed by atoms with van der Waals surface area (Å²) in [5.41, 5.74) is 1.21. The molecule has 1 aromatic heterocycles. The van der Waals surface area contributed by atoms with Gasteiger partial charge >= 0.3 is 0 Å². The topological polar surface area (TPSA) is 71.5 Å². The molecular weight excluding hydrogens is 314 g/mol. The lowest BCUT2D eigenvalue weighted by Crippen LogP contribution is -2.37. The van der Waals surface area contributed by atoms with Gasteiger partial charge in [0, 0.05) is 24.7 Å². The standard InChI is InChI=1S/C16H21N3O3S/c20-23(21,13-3-8-19-9-11-22-12-10-19)18-15-6-1-4-14-5-2-7-17-16(14)15/h1-2,4-7,18H,3,8-13H2. The number of anilines is 1. The van der Waals surface area contributed by atoms with E-state index in [1.165, 1.54) is 0 Å². The molecule has 1 N–H and O–H groups in total. The van der Waals surface area contributed by atoms with Gasteiger partial charge in [-0.2, -0.15) is 0 Å². The number of pyridine rings is 1. The van der Waals surface area contributed by atoms with E-state index in [1.54, 1.807) is 12.3 Å². The second-order valence-electron chi connectivity index (χ2n) is 5.61. The second kappa shape index (κ2) is 7.25. The highest BCUT2D eigenvalue weighted by Gasteiger charge is 2.15. The van der Waals surface area contributed by atoms with Crippen molar-refractivity contribution in [3.8, 4) is 0 Å². The van der Waals surface area contributed by atoms with E-state index in [-0.39, 0.29) is 5.75 Å². The minimum absolute atomic E-state index is 0.105. The van der Waals surface area contributed by atoms with Gasteiger partial charge in [0.15, 0.2) is 0 Å². The fourth-order valence-corrected chi connectivity index (χ4v) is 3.82. The van der Waals surface area contributed by atoms with Gasteiger partial charge in [-0.25, -0.2) is 8.42 Å². The third kappa shape index (κ3) is 4.40. The van der Waals surface area contributed by atoms with Crippen LogP contribution in [0.25, 0.3) is 10.9 Å². The molecular formula is C16H21N3O3S. The van der Waals surface area contributed by atoms with Gasteiger partial charge < -0.3 is 4.74 Å². The predicted molar refractivity (Wildman–Crippen MR) is 91.0 cm³/mol. The fraction of sp³-hybridized carbons (Fsp3) is 0.438. The van der Waals surface area contributed by atoms with Gasteiger partial charge in [-0.05, 0) is 25.1 Å². The summed E-state index contributed by atoms with van der Waals surface area (Å²) in [6, 6.07) is 9.24. The normalized spacial score (nSPS) is 16.5. The number of ether oxygens (including phenoxy) is 1. The van der Waals surface area contributed by atoms with Crippen molar-refractivity contribution < 1.29 is 13.2 Å².